The Kier molecular flexibility index (Phi) is 8.35. The van der Waals surface area contributed by atoms with Crippen LogP contribution in [0.4, 0.5) is 23.2 Å². The molecule has 0 heterocycles. The molecule has 31 heavy (non-hydrogen) atoms. The van der Waals surface area contributed by atoms with Crippen LogP contribution in [0.5, 0.6) is 5.75 Å². The van der Waals surface area contributed by atoms with Crippen LogP contribution in [-0.2, 0) is 21.0 Å². The first-order chi connectivity index (χ1) is 14.5. The van der Waals surface area contributed by atoms with Gasteiger partial charge in [-0.15, -0.1) is 11.8 Å². The SMILES string of the molecule is CCCS(=O)(=O)N(C(=O)CCSc1cccc(C(F)(F)F)c1)c1ccc(OC)c(F)c1. The molecule has 0 atom stereocenters. The van der Waals surface area contributed by atoms with Crippen molar-refractivity contribution >= 4 is 33.4 Å². The van der Waals surface area contributed by atoms with E-state index in [0.29, 0.717) is 9.20 Å². The number of sulfonamides is 1. The molecule has 0 aliphatic carbocycles. The molecule has 2 aromatic rings. The number of alkyl halides is 3. The largest absolute Gasteiger partial charge is 0.494 e. The molecule has 0 aromatic heterocycles. The van der Waals surface area contributed by atoms with Gasteiger partial charge in [-0.25, -0.2) is 17.1 Å². The van der Waals surface area contributed by atoms with Crippen LogP contribution in [0.1, 0.15) is 25.3 Å². The zero-order valence-electron chi connectivity index (χ0n) is 16.8. The van der Waals surface area contributed by atoms with Crippen LogP contribution in [0, 0.1) is 5.82 Å². The van der Waals surface area contributed by atoms with Gasteiger partial charge in [0.2, 0.25) is 15.9 Å². The molecule has 0 fully saturated rings. The minimum absolute atomic E-state index is 0.0386. The summed E-state index contributed by atoms with van der Waals surface area (Å²) in [5, 5.41) is 0. The van der Waals surface area contributed by atoms with Crippen molar-refractivity contribution in [2.75, 3.05) is 22.9 Å². The molecule has 0 aliphatic rings. The molecule has 5 nitrogen and oxygen atoms in total. The second-order valence-electron chi connectivity index (χ2n) is 6.42. The van der Waals surface area contributed by atoms with E-state index < -0.39 is 33.5 Å². The van der Waals surface area contributed by atoms with E-state index in [4.69, 9.17) is 4.74 Å². The highest BCUT2D eigenvalue weighted by atomic mass is 32.2. The Bertz CT molecular complexity index is 1030. The zero-order valence-corrected chi connectivity index (χ0v) is 18.4. The lowest BCUT2D eigenvalue weighted by atomic mass is 10.2. The number of halogens is 4. The minimum Gasteiger partial charge on any atom is -0.494 e. The lowest BCUT2D eigenvalue weighted by Crippen LogP contribution is -2.38. The van der Waals surface area contributed by atoms with Crippen LogP contribution >= 0.6 is 11.8 Å². The molecule has 2 aromatic carbocycles. The summed E-state index contributed by atoms with van der Waals surface area (Å²) >= 11 is 0.988. The molecule has 0 spiro atoms. The van der Waals surface area contributed by atoms with E-state index in [2.05, 4.69) is 0 Å². The van der Waals surface area contributed by atoms with Gasteiger partial charge < -0.3 is 4.74 Å². The van der Waals surface area contributed by atoms with Crippen molar-refractivity contribution in [3.05, 3.63) is 53.8 Å². The van der Waals surface area contributed by atoms with Gasteiger partial charge in [0.25, 0.3) is 0 Å². The minimum atomic E-state index is -4.49. The third-order valence-electron chi connectivity index (χ3n) is 4.08. The second kappa shape index (κ2) is 10.4. The fourth-order valence-corrected chi connectivity index (χ4v) is 5.14. The summed E-state index contributed by atoms with van der Waals surface area (Å²) in [4.78, 5) is 13.0. The standard InChI is InChI=1S/C20H21F4NO4S2/c1-3-11-31(27,28)25(15-7-8-18(29-2)17(21)13-15)19(26)9-10-30-16-6-4-5-14(12-16)20(22,23)24/h4-8,12-13H,3,9-11H2,1-2H3. The van der Waals surface area contributed by atoms with Crippen LogP contribution in [0.25, 0.3) is 0 Å². The van der Waals surface area contributed by atoms with E-state index in [1.54, 1.807) is 6.92 Å². The Morgan fingerprint density at radius 1 is 1.16 bits per heavy atom. The maximum absolute atomic E-state index is 14.1. The summed E-state index contributed by atoms with van der Waals surface area (Å²) in [5.74, 6) is -2.03. The summed E-state index contributed by atoms with van der Waals surface area (Å²) in [7, 11) is -2.81. The average Bonchev–Trinajstić information content (AvgIpc) is 2.67. The highest BCUT2D eigenvalue weighted by Gasteiger charge is 2.31. The Balaban J connectivity index is 2.20. The van der Waals surface area contributed by atoms with Crippen LogP contribution in [-0.4, -0.2) is 32.9 Å². The van der Waals surface area contributed by atoms with Gasteiger partial charge in [-0.3, -0.25) is 4.79 Å². The highest BCUT2D eigenvalue weighted by Crippen LogP contribution is 2.32. The number of hydrogen-bond acceptors (Lipinski definition) is 5. The number of rotatable bonds is 9. The molecule has 1 amide bonds. The Morgan fingerprint density at radius 2 is 1.87 bits per heavy atom. The number of anilines is 1. The predicted octanol–water partition coefficient (Wildman–Crippen LogP) is 5.11. The fraction of sp³-hybridized carbons (Fsp3) is 0.350. The number of carbonyl (C=O) groups is 1. The normalized spacial score (nSPS) is 11.9. The van der Waals surface area contributed by atoms with E-state index in [9.17, 15) is 30.8 Å². The molecular weight excluding hydrogens is 458 g/mol. The molecule has 0 saturated heterocycles. The van der Waals surface area contributed by atoms with Gasteiger partial charge >= 0.3 is 6.18 Å². The highest BCUT2D eigenvalue weighted by molar-refractivity contribution is 7.99. The summed E-state index contributed by atoms with van der Waals surface area (Å²) < 4.78 is 83.2. The van der Waals surface area contributed by atoms with Crippen LogP contribution in [0.15, 0.2) is 47.4 Å². The zero-order chi connectivity index (χ0) is 23.2. The molecule has 0 radical (unpaired) electrons. The Hall–Kier alpha value is -2.27. The topological polar surface area (TPSA) is 63.7 Å². The lowest BCUT2D eigenvalue weighted by Gasteiger charge is -2.23. The maximum atomic E-state index is 14.1. The smallest absolute Gasteiger partial charge is 0.416 e. The number of thioether (sulfide) groups is 1. The fourth-order valence-electron chi connectivity index (χ4n) is 2.71. The third kappa shape index (κ3) is 6.60. The number of amides is 1. The summed E-state index contributed by atoms with van der Waals surface area (Å²) in [6.07, 6.45) is -4.53. The molecule has 0 saturated carbocycles. The van der Waals surface area contributed by atoms with Crippen molar-refractivity contribution in [1.29, 1.82) is 0 Å². The maximum Gasteiger partial charge on any atom is 0.416 e. The quantitative estimate of drug-likeness (QED) is 0.370. The van der Waals surface area contributed by atoms with Gasteiger partial charge in [0.1, 0.15) is 0 Å². The molecule has 0 unspecified atom stereocenters. The van der Waals surface area contributed by atoms with Gasteiger partial charge in [-0.2, -0.15) is 13.2 Å². The summed E-state index contributed by atoms with van der Waals surface area (Å²) in [6, 6.07) is 7.98. The van der Waals surface area contributed by atoms with E-state index in [1.807, 2.05) is 0 Å². The van der Waals surface area contributed by atoms with Gasteiger partial charge in [0.05, 0.1) is 24.1 Å². The third-order valence-corrected chi connectivity index (χ3v) is 6.97. The van der Waals surface area contributed by atoms with Crippen molar-refractivity contribution in [2.24, 2.45) is 0 Å². The Morgan fingerprint density at radius 3 is 2.45 bits per heavy atom. The average molecular weight is 480 g/mol. The van der Waals surface area contributed by atoms with E-state index >= 15 is 0 Å². The second-order valence-corrected chi connectivity index (χ2v) is 9.52. The number of methoxy groups -OCH3 is 1. The number of carbonyl (C=O) groups excluding carboxylic acids is 1. The summed E-state index contributed by atoms with van der Waals surface area (Å²) in [6.45, 7) is 1.62. The van der Waals surface area contributed by atoms with Crippen molar-refractivity contribution in [1.82, 2.24) is 0 Å². The van der Waals surface area contributed by atoms with Gasteiger partial charge in [0, 0.05) is 23.1 Å². The van der Waals surface area contributed by atoms with Gasteiger partial charge in [0.15, 0.2) is 11.6 Å². The van der Waals surface area contributed by atoms with Crippen LogP contribution in [0.3, 0.4) is 0 Å². The summed E-state index contributed by atoms with van der Waals surface area (Å²) in [5.41, 5.74) is -0.981. The molecule has 11 heteroatoms. The van der Waals surface area contributed by atoms with Crippen molar-refractivity contribution in [3.63, 3.8) is 0 Å². The lowest BCUT2D eigenvalue weighted by molar-refractivity contribution is -0.137. The molecule has 0 bridgehead atoms. The number of nitrogens with zero attached hydrogens (tertiary/aromatic N) is 1. The molecule has 2 rings (SSSR count). The first kappa shape index (κ1) is 25.0. The van der Waals surface area contributed by atoms with Gasteiger partial charge in [-0.1, -0.05) is 13.0 Å². The van der Waals surface area contributed by atoms with Crippen molar-refractivity contribution < 1.29 is 35.5 Å². The van der Waals surface area contributed by atoms with Crippen LogP contribution in [0.2, 0.25) is 0 Å². The number of ether oxygens (including phenoxy) is 1. The van der Waals surface area contributed by atoms with Crippen LogP contribution < -0.4 is 9.04 Å². The molecule has 0 N–H and O–H groups in total. The molecular formula is C20H21F4NO4S2. The van der Waals surface area contributed by atoms with Crippen molar-refractivity contribution in [3.8, 4) is 5.75 Å². The monoisotopic (exact) mass is 479 g/mol. The van der Waals surface area contributed by atoms with Gasteiger partial charge in [-0.05, 0) is 36.8 Å². The first-order valence-electron chi connectivity index (χ1n) is 9.19. The molecule has 0 aliphatic heterocycles. The Labute approximate surface area is 182 Å². The first-order valence-corrected chi connectivity index (χ1v) is 11.8. The number of benzene rings is 2. The van der Waals surface area contributed by atoms with E-state index in [-0.39, 0.29) is 35.8 Å². The van der Waals surface area contributed by atoms with E-state index in [1.165, 1.54) is 31.4 Å². The molecule has 170 valence electrons. The van der Waals surface area contributed by atoms with E-state index in [0.717, 1.165) is 30.0 Å². The predicted molar refractivity (Wildman–Crippen MR) is 111 cm³/mol. The number of hydrogen-bond donors (Lipinski definition) is 0. The van der Waals surface area contributed by atoms with Crippen molar-refractivity contribution in [2.45, 2.75) is 30.8 Å².